The fourth-order valence-corrected chi connectivity index (χ4v) is 2.47. The summed E-state index contributed by atoms with van der Waals surface area (Å²) in [6.07, 6.45) is 1.24. The first-order valence-corrected chi connectivity index (χ1v) is 6.70. The van der Waals surface area contributed by atoms with Crippen molar-refractivity contribution in [3.8, 4) is 5.75 Å². The number of carboxylic acid groups (broad SMARTS) is 1. The van der Waals surface area contributed by atoms with Gasteiger partial charge in [-0.3, -0.25) is 9.59 Å². The number of aryl methyl sites for hydroxylation is 1. The molecule has 0 bridgehead atoms. The molecular formula is C15H19NO4. The highest BCUT2D eigenvalue weighted by molar-refractivity contribution is 5.80. The van der Waals surface area contributed by atoms with Crippen molar-refractivity contribution < 1.29 is 19.8 Å². The number of phenols is 1. The summed E-state index contributed by atoms with van der Waals surface area (Å²) < 4.78 is 0. The van der Waals surface area contributed by atoms with Crippen molar-refractivity contribution >= 4 is 11.9 Å². The molecule has 0 aromatic heterocycles. The Morgan fingerprint density at radius 2 is 2.05 bits per heavy atom. The molecule has 5 nitrogen and oxygen atoms in total. The van der Waals surface area contributed by atoms with Gasteiger partial charge in [0.2, 0.25) is 5.91 Å². The van der Waals surface area contributed by atoms with Gasteiger partial charge in [0.1, 0.15) is 5.75 Å². The number of rotatable bonds is 4. The Kier molecular flexibility index (Phi) is 3.97. The fraction of sp³-hybridized carbons (Fsp3) is 0.467. The van der Waals surface area contributed by atoms with E-state index in [1.54, 1.807) is 30.0 Å². The van der Waals surface area contributed by atoms with Crippen LogP contribution < -0.4 is 0 Å². The quantitative estimate of drug-likeness (QED) is 0.877. The van der Waals surface area contributed by atoms with Gasteiger partial charge < -0.3 is 15.1 Å². The molecule has 5 heteroatoms. The third kappa shape index (κ3) is 2.92. The highest BCUT2D eigenvalue weighted by atomic mass is 16.4. The molecule has 1 saturated heterocycles. The Labute approximate surface area is 117 Å². The molecule has 0 radical (unpaired) electrons. The Morgan fingerprint density at radius 3 is 2.65 bits per heavy atom. The van der Waals surface area contributed by atoms with Crippen LogP contribution in [-0.4, -0.2) is 40.1 Å². The zero-order chi connectivity index (χ0) is 14.8. The lowest BCUT2D eigenvalue weighted by Crippen LogP contribution is -2.34. The molecule has 0 spiro atoms. The number of benzene rings is 1. The van der Waals surface area contributed by atoms with E-state index >= 15 is 0 Å². The minimum Gasteiger partial charge on any atom is -0.508 e. The van der Waals surface area contributed by atoms with Crippen molar-refractivity contribution in [3.05, 3.63) is 29.8 Å². The summed E-state index contributed by atoms with van der Waals surface area (Å²) in [5.74, 6) is -0.719. The standard InChI is InChI=1S/C15H19NO4/c1-15(14(19)20)8-9-16(10-15)13(18)7-6-11-4-2-3-5-12(11)17/h2-5,17H,6-10H2,1H3,(H,19,20). The first-order valence-electron chi connectivity index (χ1n) is 6.70. The third-order valence-corrected chi connectivity index (χ3v) is 3.94. The minimum absolute atomic E-state index is 0.0572. The second kappa shape index (κ2) is 5.53. The topological polar surface area (TPSA) is 77.8 Å². The third-order valence-electron chi connectivity index (χ3n) is 3.94. The van der Waals surface area contributed by atoms with E-state index in [-0.39, 0.29) is 24.6 Å². The summed E-state index contributed by atoms with van der Waals surface area (Å²) >= 11 is 0. The lowest BCUT2D eigenvalue weighted by atomic mass is 9.90. The number of para-hydroxylation sites is 1. The summed E-state index contributed by atoms with van der Waals surface area (Å²) in [6.45, 7) is 2.43. The zero-order valence-corrected chi connectivity index (χ0v) is 11.5. The number of carboxylic acids is 1. The van der Waals surface area contributed by atoms with Crippen LogP contribution in [0.2, 0.25) is 0 Å². The van der Waals surface area contributed by atoms with E-state index in [2.05, 4.69) is 0 Å². The predicted octanol–water partition coefficient (Wildman–Crippen LogP) is 1.65. The van der Waals surface area contributed by atoms with Crippen LogP contribution in [0.15, 0.2) is 24.3 Å². The number of carbonyl (C=O) groups excluding carboxylic acids is 1. The van der Waals surface area contributed by atoms with Crippen LogP contribution in [0.25, 0.3) is 0 Å². The van der Waals surface area contributed by atoms with Crippen LogP contribution in [0, 0.1) is 5.41 Å². The van der Waals surface area contributed by atoms with Crippen LogP contribution in [0.3, 0.4) is 0 Å². The molecule has 2 N–H and O–H groups in total. The molecule has 1 aromatic carbocycles. The molecule has 1 amide bonds. The van der Waals surface area contributed by atoms with Gasteiger partial charge in [-0.1, -0.05) is 18.2 Å². The van der Waals surface area contributed by atoms with Crippen molar-refractivity contribution in [3.63, 3.8) is 0 Å². The average molecular weight is 277 g/mol. The molecule has 1 unspecified atom stereocenters. The minimum atomic E-state index is -0.853. The van der Waals surface area contributed by atoms with Crippen molar-refractivity contribution in [2.75, 3.05) is 13.1 Å². The Morgan fingerprint density at radius 1 is 1.35 bits per heavy atom. The Bertz CT molecular complexity index is 528. The number of nitrogens with zero attached hydrogens (tertiary/aromatic N) is 1. The van der Waals surface area contributed by atoms with Gasteiger partial charge in [-0.15, -0.1) is 0 Å². The number of carbonyl (C=O) groups is 2. The largest absolute Gasteiger partial charge is 0.508 e. The molecule has 0 saturated carbocycles. The van der Waals surface area contributed by atoms with Gasteiger partial charge in [0.25, 0.3) is 0 Å². The molecule has 0 aliphatic carbocycles. The molecule has 1 aliphatic heterocycles. The van der Waals surface area contributed by atoms with Gasteiger partial charge in [-0.2, -0.15) is 0 Å². The molecule has 20 heavy (non-hydrogen) atoms. The smallest absolute Gasteiger partial charge is 0.311 e. The zero-order valence-electron chi connectivity index (χ0n) is 11.5. The van der Waals surface area contributed by atoms with Crippen molar-refractivity contribution in [1.29, 1.82) is 0 Å². The second-order valence-electron chi connectivity index (χ2n) is 5.56. The molecule has 1 atom stereocenters. The number of aromatic hydroxyl groups is 1. The number of phenolic OH excluding ortho intramolecular Hbond substituents is 1. The fourth-order valence-electron chi connectivity index (χ4n) is 2.47. The summed E-state index contributed by atoms with van der Waals surface area (Å²) in [6, 6.07) is 6.93. The summed E-state index contributed by atoms with van der Waals surface area (Å²) in [4.78, 5) is 24.8. The second-order valence-corrected chi connectivity index (χ2v) is 5.56. The van der Waals surface area contributed by atoms with Crippen molar-refractivity contribution in [1.82, 2.24) is 4.90 Å². The maximum absolute atomic E-state index is 12.1. The van der Waals surface area contributed by atoms with Crippen LogP contribution in [0.5, 0.6) is 5.75 Å². The number of hydrogen-bond acceptors (Lipinski definition) is 3. The van der Waals surface area contributed by atoms with E-state index in [0.29, 0.717) is 19.4 Å². The van der Waals surface area contributed by atoms with E-state index in [9.17, 15) is 14.7 Å². The predicted molar refractivity (Wildman–Crippen MR) is 73.4 cm³/mol. The molecule has 1 aliphatic rings. The van der Waals surface area contributed by atoms with E-state index in [1.165, 1.54) is 0 Å². The van der Waals surface area contributed by atoms with E-state index < -0.39 is 11.4 Å². The van der Waals surface area contributed by atoms with E-state index in [0.717, 1.165) is 5.56 Å². The molecule has 1 fully saturated rings. The SMILES string of the molecule is CC1(C(=O)O)CCN(C(=O)CCc2ccccc2O)C1. The van der Waals surface area contributed by atoms with Gasteiger partial charge in [0.05, 0.1) is 5.41 Å². The van der Waals surface area contributed by atoms with Crippen LogP contribution in [0.4, 0.5) is 0 Å². The lowest BCUT2D eigenvalue weighted by Gasteiger charge is -2.20. The highest BCUT2D eigenvalue weighted by Gasteiger charge is 2.41. The summed E-state index contributed by atoms with van der Waals surface area (Å²) in [5.41, 5.74) is -0.0917. The monoisotopic (exact) mass is 277 g/mol. The maximum Gasteiger partial charge on any atom is 0.311 e. The molecule has 108 valence electrons. The molecule has 1 heterocycles. The van der Waals surface area contributed by atoms with E-state index in [1.807, 2.05) is 6.07 Å². The number of amides is 1. The molecule has 2 rings (SSSR count). The Hall–Kier alpha value is -2.04. The first-order chi connectivity index (χ1) is 9.42. The van der Waals surface area contributed by atoms with Crippen LogP contribution in [0.1, 0.15) is 25.3 Å². The molecule has 1 aromatic rings. The number of aliphatic carboxylic acids is 1. The highest BCUT2D eigenvalue weighted by Crippen LogP contribution is 2.30. The first kappa shape index (κ1) is 14.4. The number of hydrogen-bond donors (Lipinski definition) is 2. The summed E-state index contributed by atoms with van der Waals surface area (Å²) in [5, 5.41) is 18.8. The summed E-state index contributed by atoms with van der Waals surface area (Å²) in [7, 11) is 0. The van der Waals surface area contributed by atoms with E-state index in [4.69, 9.17) is 5.11 Å². The lowest BCUT2D eigenvalue weighted by molar-refractivity contribution is -0.147. The van der Waals surface area contributed by atoms with Gasteiger partial charge in [0, 0.05) is 19.5 Å². The van der Waals surface area contributed by atoms with Gasteiger partial charge in [-0.25, -0.2) is 0 Å². The van der Waals surface area contributed by atoms with Crippen molar-refractivity contribution in [2.24, 2.45) is 5.41 Å². The van der Waals surface area contributed by atoms with Gasteiger partial charge >= 0.3 is 5.97 Å². The van der Waals surface area contributed by atoms with Gasteiger partial charge in [0.15, 0.2) is 0 Å². The number of likely N-dealkylation sites (tertiary alicyclic amines) is 1. The Balaban J connectivity index is 1.91. The molecular weight excluding hydrogens is 258 g/mol. The maximum atomic E-state index is 12.1. The normalized spacial score (nSPS) is 21.9. The van der Waals surface area contributed by atoms with Crippen LogP contribution in [-0.2, 0) is 16.0 Å². The van der Waals surface area contributed by atoms with Crippen LogP contribution >= 0.6 is 0 Å². The van der Waals surface area contributed by atoms with Gasteiger partial charge in [-0.05, 0) is 31.4 Å². The van der Waals surface area contributed by atoms with Crippen molar-refractivity contribution in [2.45, 2.75) is 26.2 Å². The average Bonchev–Trinajstić information content (AvgIpc) is 2.82.